The molecule has 1 atom stereocenters. The van der Waals surface area contributed by atoms with Gasteiger partial charge >= 0.3 is 0 Å². The highest BCUT2D eigenvalue weighted by Crippen LogP contribution is 2.25. The summed E-state index contributed by atoms with van der Waals surface area (Å²) < 4.78 is 27.9. The van der Waals surface area contributed by atoms with Gasteiger partial charge < -0.3 is 10.6 Å². The summed E-state index contributed by atoms with van der Waals surface area (Å²) in [5.74, 6) is -0.170. The maximum atomic E-state index is 12.8. The van der Waals surface area contributed by atoms with Crippen LogP contribution in [0.1, 0.15) is 18.9 Å². The summed E-state index contributed by atoms with van der Waals surface area (Å²) in [4.78, 5) is 24.1. The van der Waals surface area contributed by atoms with E-state index in [1.165, 1.54) is 36.9 Å². The van der Waals surface area contributed by atoms with Crippen molar-refractivity contribution in [3.05, 3.63) is 53.1 Å². The normalized spacial score (nSPS) is 12.3. The summed E-state index contributed by atoms with van der Waals surface area (Å²) in [7, 11) is -3.87. The highest BCUT2D eigenvalue weighted by molar-refractivity contribution is 7.98. The molecular weight excluding hydrogens is 446 g/mol. The van der Waals surface area contributed by atoms with Crippen LogP contribution in [0.3, 0.4) is 0 Å². The molecule has 10 heteroatoms. The Hall–Kier alpha value is -2.07. The number of sulfonamides is 1. The van der Waals surface area contributed by atoms with Gasteiger partial charge in [-0.25, -0.2) is 8.42 Å². The van der Waals surface area contributed by atoms with Crippen molar-refractivity contribution in [1.82, 2.24) is 4.72 Å². The van der Waals surface area contributed by atoms with E-state index in [1.807, 2.05) is 13.2 Å². The molecule has 162 valence electrons. The van der Waals surface area contributed by atoms with Crippen molar-refractivity contribution in [2.75, 3.05) is 22.6 Å². The van der Waals surface area contributed by atoms with Crippen molar-refractivity contribution in [2.24, 2.45) is 0 Å². The molecule has 1 unspecified atom stereocenters. The van der Waals surface area contributed by atoms with Crippen LogP contribution in [0, 0.1) is 6.92 Å². The minimum atomic E-state index is -3.87. The van der Waals surface area contributed by atoms with Crippen LogP contribution >= 0.6 is 23.4 Å². The first kappa shape index (κ1) is 24.2. The molecule has 2 aromatic carbocycles. The molecule has 0 heterocycles. The number of rotatable bonds is 9. The van der Waals surface area contributed by atoms with Crippen LogP contribution in [0.25, 0.3) is 0 Å². The maximum absolute atomic E-state index is 12.8. The highest BCUT2D eigenvalue weighted by Gasteiger charge is 2.25. The van der Waals surface area contributed by atoms with E-state index in [1.54, 1.807) is 24.3 Å². The van der Waals surface area contributed by atoms with Gasteiger partial charge in [0.1, 0.15) is 6.04 Å². The molecule has 2 rings (SSSR count). The van der Waals surface area contributed by atoms with E-state index in [9.17, 15) is 18.0 Å². The molecule has 7 nitrogen and oxygen atoms in total. The van der Waals surface area contributed by atoms with E-state index in [0.717, 1.165) is 5.56 Å². The molecule has 0 aliphatic carbocycles. The molecule has 0 aliphatic rings. The largest absolute Gasteiger partial charge is 0.325 e. The van der Waals surface area contributed by atoms with Crippen molar-refractivity contribution in [3.63, 3.8) is 0 Å². The standard InChI is InChI=1S/C20H24ClN3O4S2/c1-13-4-7-16(8-5-13)30(27,28)24-19(10-11-29-3)20(26)23-15-6-9-18(17(21)12-15)22-14(2)25/h4-9,12,19,24H,10-11H2,1-3H3,(H,22,25)(H,23,26). The van der Waals surface area contributed by atoms with Crippen LogP contribution in [0.5, 0.6) is 0 Å². The van der Waals surface area contributed by atoms with Gasteiger partial charge in [-0.15, -0.1) is 0 Å². The molecular formula is C20H24ClN3O4S2. The van der Waals surface area contributed by atoms with E-state index in [-0.39, 0.29) is 15.8 Å². The number of benzene rings is 2. The molecule has 2 amide bonds. The third-order valence-electron chi connectivity index (χ3n) is 4.10. The Kier molecular flexibility index (Phi) is 8.72. The molecule has 0 fully saturated rings. The van der Waals surface area contributed by atoms with Crippen LogP contribution in [-0.2, 0) is 19.6 Å². The number of thioether (sulfide) groups is 1. The van der Waals surface area contributed by atoms with Gasteiger partial charge in [-0.2, -0.15) is 16.5 Å². The third kappa shape index (κ3) is 7.02. The first-order valence-electron chi connectivity index (χ1n) is 9.08. The second kappa shape index (κ2) is 10.8. The fourth-order valence-electron chi connectivity index (χ4n) is 2.57. The Balaban J connectivity index is 2.18. The molecule has 0 aromatic heterocycles. The average Bonchev–Trinajstić information content (AvgIpc) is 2.67. The van der Waals surface area contributed by atoms with E-state index >= 15 is 0 Å². The fourth-order valence-corrected chi connectivity index (χ4v) is 4.49. The Morgan fingerprint density at radius 3 is 2.33 bits per heavy atom. The Labute approximate surface area is 186 Å². The number of carbonyl (C=O) groups excluding carboxylic acids is 2. The number of nitrogens with one attached hydrogen (secondary N) is 3. The van der Waals surface area contributed by atoms with E-state index in [2.05, 4.69) is 15.4 Å². The van der Waals surface area contributed by atoms with Crippen molar-refractivity contribution >= 4 is 56.6 Å². The van der Waals surface area contributed by atoms with Crippen molar-refractivity contribution < 1.29 is 18.0 Å². The van der Waals surface area contributed by atoms with Crippen LogP contribution in [-0.4, -0.2) is 38.3 Å². The number of halogens is 1. The maximum Gasteiger partial charge on any atom is 0.242 e. The monoisotopic (exact) mass is 469 g/mol. The SMILES string of the molecule is CSCCC(NS(=O)(=O)c1ccc(C)cc1)C(=O)Nc1ccc(NC(C)=O)c(Cl)c1. The van der Waals surface area contributed by atoms with Crippen molar-refractivity contribution in [3.8, 4) is 0 Å². The minimum absolute atomic E-state index is 0.0951. The molecule has 0 spiro atoms. The molecule has 0 saturated heterocycles. The summed E-state index contributed by atoms with van der Waals surface area (Å²) in [6.45, 7) is 3.23. The van der Waals surface area contributed by atoms with Crippen LogP contribution < -0.4 is 15.4 Å². The van der Waals surface area contributed by atoms with Gasteiger partial charge in [0.2, 0.25) is 21.8 Å². The molecule has 2 aromatic rings. The number of aryl methyl sites for hydroxylation is 1. The lowest BCUT2D eigenvalue weighted by Gasteiger charge is -2.19. The molecule has 0 radical (unpaired) electrons. The predicted molar refractivity (Wildman–Crippen MR) is 123 cm³/mol. The van der Waals surface area contributed by atoms with Gasteiger partial charge in [0, 0.05) is 12.6 Å². The van der Waals surface area contributed by atoms with Crippen LogP contribution in [0.15, 0.2) is 47.4 Å². The lowest BCUT2D eigenvalue weighted by atomic mass is 10.2. The number of hydrogen-bond donors (Lipinski definition) is 3. The Morgan fingerprint density at radius 1 is 1.10 bits per heavy atom. The van der Waals surface area contributed by atoms with E-state index < -0.39 is 22.0 Å². The molecule has 0 aliphatic heterocycles. The molecule has 30 heavy (non-hydrogen) atoms. The number of carbonyl (C=O) groups is 2. The number of hydrogen-bond acceptors (Lipinski definition) is 5. The highest BCUT2D eigenvalue weighted by atomic mass is 35.5. The van der Waals surface area contributed by atoms with E-state index in [0.29, 0.717) is 23.5 Å². The summed E-state index contributed by atoms with van der Waals surface area (Å²) in [6.07, 6.45) is 2.19. The first-order chi connectivity index (χ1) is 14.1. The molecule has 0 saturated carbocycles. The topological polar surface area (TPSA) is 104 Å². The third-order valence-corrected chi connectivity index (χ3v) is 6.55. The lowest BCUT2D eigenvalue weighted by Crippen LogP contribution is -2.44. The quantitative estimate of drug-likeness (QED) is 0.520. The smallest absolute Gasteiger partial charge is 0.242 e. The number of amides is 2. The van der Waals surface area contributed by atoms with Crippen LogP contribution in [0.2, 0.25) is 5.02 Å². The average molecular weight is 470 g/mol. The Bertz CT molecular complexity index is 1010. The van der Waals surface area contributed by atoms with Crippen molar-refractivity contribution in [1.29, 1.82) is 0 Å². The molecule has 3 N–H and O–H groups in total. The van der Waals surface area contributed by atoms with Gasteiger partial charge in [-0.05, 0) is 55.7 Å². The summed E-state index contributed by atoms with van der Waals surface area (Å²) in [5.41, 5.74) is 1.74. The van der Waals surface area contributed by atoms with Crippen LogP contribution in [0.4, 0.5) is 11.4 Å². The van der Waals surface area contributed by atoms with Gasteiger partial charge in [0.15, 0.2) is 0 Å². The predicted octanol–water partition coefficient (Wildman–Crippen LogP) is 3.65. The van der Waals surface area contributed by atoms with Gasteiger partial charge in [0.05, 0.1) is 15.6 Å². The second-order valence-electron chi connectivity index (χ2n) is 6.63. The fraction of sp³-hybridized carbons (Fsp3) is 0.300. The zero-order valence-corrected chi connectivity index (χ0v) is 19.2. The second-order valence-corrected chi connectivity index (χ2v) is 9.74. The van der Waals surface area contributed by atoms with Gasteiger partial charge in [-0.3, -0.25) is 9.59 Å². The molecule has 0 bridgehead atoms. The minimum Gasteiger partial charge on any atom is -0.325 e. The van der Waals surface area contributed by atoms with Crippen molar-refractivity contribution in [2.45, 2.75) is 31.2 Å². The van der Waals surface area contributed by atoms with Gasteiger partial charge in [-0.1, -0.05) is 29.3 Å². The first-order valence-corrected chi connectivity index (χ1v) is 12.3. The number of anilines is 2. The zero-order chi connectivity index (χ0) is 22.3. The van der Waals surface area contributed by atoms with E-state index in [4.69, 9.17) is 11.6 Å². The lowest BCUT2D eigenvalue weighted by molar-refractivity contribution is -0.117. The van der Waals surface area contributed by atoms with Gasteiger partial charge in [0.25, 0.3) is 0 Å². The summed E-state index contributed by atoms with van der Waals surface area (Å²) in [5, 5.41) is 5.52. The summed E-state index contributed by atoms with van der Waals surface area (Å²) in [6, 6.07) is 10.1. The Morgan fingerprint density at radius 2 is 1.77 bits per heavy atom. The zero-order valence-electron chi connectivity index (χ0n) is 16.9. The summed E-state index contributed by atoms with van der Waals surface area (Å²) >= 11 is 7.65.